The predicted octanol–water partition coefficient (Wildman–Crippen LogP) is 3.50. The van der Waals surface area contributed by atoms with Gasteiger partial charge in [0.2, 0.25) is 0 Å². The average molecular weight is 383 g/mol. The van der Waals surface area contributed by atoms with Crippen LogP contribution in [0.5, 0.6) is 0 Å². The lowest BCUT2D eigenvalue weighted by Crippen LogP contribution is -2.04. The Bertz CT molecular complexity index is 559. The fourth-order valence-electron chi connectivity index (χ4n) is 1.94. The van der Waals surface area contributed by atoms with E-state index in [-0.39, 0.29) is 0 Å². The van der Waals surface area contributed by atoms with Crippen molar-refractivity contribution < 1.29 is 4.74 Å². The molecule has 0 fully saturated rings. The number of aromatic nitrogens is 2. The summed E-state index contributed by atoms with van der Waals surface area (Å²) in [6.07, 6.45) is 0.893. The van der Waals surface area contributed by atoms with Gasteiger partial charge < -0.3 is 10.1 Å². The van der Waals surface area contributed by atoms with Crippen LogP contribution in [0.1, 0.15) is 18.2 Å². The lowest BCUT2D eigenvalue weighted by molar-refractivity contribution is 0.185. The van der Waals surface area contributed by atoms with Gasteiger partial charge in [-0.3, -0.25) is 0 Å². The molecule has 0 unspecified atom stereocenters. The lowest BCUT2D eigenvalue weighted by Gasteiger charge is -2.10. The fourth-order valence-corrected chi connectivity index (χ4v) is 2.83. The monoisotopic (exact) mass is 383 g/mol. The highest BCUT2D eigenvalue weighted by Crippen LogP contribution is 2.24. The molecular weight excluding hydrogens is 365 g/mol. The third kappa shape index (κ3) is 3.27. The molecule has 0 spiro atoms. The van der Waals surface area contributed by atoms with Crippen molar-refractivity contribution >= 4 is 28.4 Å². The maximum absolute atomic E-state index is 5.12. The molecule has 20 heavy (non-hydrogen) atoms. The van der Waals surface area contributed by atoms with E-state index in [1.54, 1.807) is 7.11 Å². The first-order chi connectivity index (χ1) is 9.69. The Hall–Kier alpha value is -1.21. The van der Waals surface area contributed by atoms with Gasteiger partial charge >= 0.3 is 0 Å². The van der Waals surface area contributed by atoms with Crippen molar-refractivity contribution in [3.05, 3.63) is 39.1 Å². The number of ether oxygens (including phenoxy) is 1. The lowest BCUT2D eigenvalue weighted by atomic mass is 10.1. The molecule has 0 aliphatic heterocycles. The molecule has 1 heterocycles. The fraction of sp³-hybridized carbons (Fsp3) is 0.333. The molecule has 0 aliphatic carbocycles. The first kappa shape index (κ1) is 15.2. The zero-order valence-corrected chi connectivity index (χ0v) is 14.1. The van der Waals surface area contributed by atoms with Gasteiger partial charge in [-0.25, -0.2) is 9.97 Å². The van der Waals surface area contributed by atoms with E-state index in [0.717, 1.165) is 38.5 Å². The van der Waals surface area contributed by atoms with Crippen LogP contribution in [0.4, 0.5) is 5.82 Å². The van der Waals surface area contributed by atoms with E-state index in [1.807, 2.05) is 31.3 Å². The minimum atomic E-state index is 0.621. The molecule has 106 valence electrons. The molecule has 4 nitrogen and oxygen atoms in total. The van der Waals surface area contributed by atoms with E-state index in [4.69, 9.17) is 4.74 Å². The van der Waals surface area contributed by atoms with Gasteiger partial charge in [0.25, 0.3) is 0 Å². The standard InChI is InChI=1S/C15H18IN3O/c1-4-12-13(16)15(17-2)19-14(18-12)11-7-5-10(6-8-11)9-20-3/h5-8H,4,9H2,1-3H3,(H,17,18,19). The minimum Gasteiger partial charge on any atom is -0.380 e. The Kier molecular flexibility index (Phi) is 5.31. The van der Waals surface area contributed by atoms with Crippen LogP contribution in [0.15, 0.2) is 24.3 Å². The molecule has 1 aromatic heterocycles. The second-order valence-corrected chi connectivity index (χ2v) is 5.47. The Labute approximate surface area is 133 Å². The van der Waals surface area contributed by atoms with Crippen LogP contribution in [0.2, 0.25) is 0 Å². The number of methoxy groups -OCH3 is 1. The summed E-state index contributed by atoms with van der Waals surface area (Å²) in [4.78, 5) is 9.24. The summed E-state index contributed by atoms with van der Waals surface area (Å²) >= 11 is 2.29. The van der Waals surface area contributed by atoms with Crippen molar-refractivity contribution in [3.8, 4) is 11.4 Å². The van der Waals surface area contributed by atoms with Crippen LogP contribution >= 0.6 is 22.6 Å². The number of rotatable bonds is 5. The number of anilines is 1. The molecular formula is C15H18IN3O. The maximum atomic E-state index is 5.12. The summed E-state index contributed by atoms with van der Waals surface area (Å²) in [5.74, 6) is 1.64. The van der Waals surface area contributed by atoms with Crippen molar-refractivity contribution in [1.29, 1.82) is 0 Å². The molecule has 0 saturated heterocycles. The summed E-state index contributed by atoms with van der Waals surface area (Å²) in [7, 11) is 3.58. The first-order valence-electron chi connectivity index (χ1n) is 6.52. The number of hydrogen-bond acceptors (Lipinski definition) is 4. The third-order valence-corrected chi connectivity index (χ3v) is 4.15. The van der Waals surface area contributed by atoms with E-state index in [0.29, 0.717) is 6.61 Å². The Morgan fingerprint density at radius 2 is 1.90 bits per heavy atom. The SMILES string of the molecule is CCc1nc(-c2ccc(COC)cc2)nc(NC)c1I. The molecule has 0 saturated carbocycles. The molecule has 0 radical (unpaired) electrons. The molecule has 2 aromatic rings. The van der Waals surface area contributed by atoms with Gasteiger partial charge in [-0.1, -0.05) is 31.2 Å². The van der Waals surface area contributed by atoms with E-state index < -0.39 is 0 Å². The maximum Gasteiger partial charge on any atom is 0.161 e. The van der Waals surface area contributed by atoms with Gasteiger partial charge in [0.15, 0.2) is 5.82 Å². The highest BCUT2D eigenvalue weighted by atomic mass is 127. The zero-order valence-electron chi connectivity index (χ0n) is 11.9. The van der Waals surface area contributed by atoms with Gasteiger partial charge in [-0.2, -0.15) is 0 Å². The van der Waals surface area contributed by atoms with E-state index in [2.05, 4.69) is 44.8 Å². The molecule has 0 atom stereocenters. The largest absolute Gasteiger partial charge is 0.380 e. The second-order valence-electron chi connectivity index (χ2n) is 4.39. The van der Waals surface area contributed by atoms with Gasteiger partial charge in [-0.05, 0) is 34.6 Å². The van der Waals surface area contributed by atoms with E-state index >= 15 is 0 Å². The molecule has 2 rings (SSSR count). The quantitative estimate of drug-likeness (QED) is 0.803. The van der Waals surface area contributed by atoms with Crippen molar-refractivity contribution in [2.75, 3.05) is 19.5 Å². The van der Waals surface area contributed by atoms with E-state index in [1.165, 1.54) is 0 Å². The number of halogens is 1. The van der Waals surface area contributed by atoms with Crippen LogP contribution in [-0.2, 0) is 17.8 Å². The van der Waals surface area contributed by atoms with Gasteiger partial charge in [0.1, 0.15) is 5.82 Å². The van der Waals surface area contributed by atoms with Gasteiger partial charge in [0.05, 0.1) is 15.9 Å². The zero-order chi connectivity index (χ0) is 14.5. The summed E-state index contributed by atoms with van der Waals surface area (Å²) in [5.41, 5.74) is 3.24. The summed E-state index contributed by atoms with van der Waals surface area (Å²) < 4.78 is 6.21. The van der Waals surface area contributed by atoms with Gasteiger partial charge in [-0.15, -0.1) is 0 Å². The van der Waals surface area contributed by atoms with Crippen LogP contribution in [-0.4, -0.2) is 24.1 Å². The Morgan fingerprint density at radius 3 is 2.45 bits per heavy atom. The molecule has 0 aliphatic rings. The van der Waals surface area contributed by atoms with Gasteiger partial charge in [0, 0.05) is 19.7 Å². The highest BCUT2D eigenvalue weighted by molar-refractivity contribution is 14.1. The molecule has 1 aromatic carbocycles. The average Bonchev–Trinajstić information content (AvgIpc) is 2.49. The smallest absolute Gasteiger partial charge is 0.161 e. The summed E-state index contributed by atoms with van der Waals surface area (Å²) in [6, 6.07) is 8.17. The topological polar surface area (TPSA) is 47.0 Å². The third-order valence-electron chi connectivity index (χ3n) is 3.01. The predicted molar refractivity (Wildman–Crippen MR) is 89.8 cm³/mol. The number of nitrogens with one attached hydrogen (secondary N) is 1. The van der Waals surface area contributed by atoms with Crippen LogP contribution in [0.3, 0.4) is 0 Å². The summed E-state index contributed by atoms with van der Waals surface area (Å²) in [5, 5.41) is 3.13. The molecule has 0 amide bonds. The second kappa shape index (κ2) is 6.99. The Morgan fingerprint density at radius 1 is 1.20 bits per heavy atom. The van der Waals surface area contributed by atoms with Crippen LogP contribution < -0.4 is 5.32 Å². The number of benzene rings is 1. The number of aryl methyl sites for hydroxylation is 1. The van der Waals surface area contributed by atoms with E-state index in [9.17, 15) is 0 Å². The Balaban J connectivity index is 2.41. The summed E-state index contributed by atoms with van der Waals surface area (Å²) in [6.45, 7) is 2.73. The first-order valence-corrected chi connectivity index (χ1v) is 7.59. The molecule has 0 bridgehead atoms. The minimum absolute atomic E-state index is 0.621. The highest BCUT2D eigenvalue weighted by Gasteiger charge is 2.11. The van der Waals surface area contributed by atoms with Crippen molar-refractivity contribution in [2.45, 2.75) is 20.0 Å². The number of hydrogen-bond donors (Lipinski definition) is 1. The van der Waals surface area contributed by atoms with Crippen LogP contribution in [0.25, 0.3) is 11.4 Å². The number of nitrogens with zero attached hydrogens (tertiary/aromatic N) is 2. The van der Waals surface area contributed by atoms with Crippen molar-refractivity contribution in [3.63, 3.8) is 0 Å². The van der Waals surface area contributed by atoms with Crippen molar-refractivity contribution in [2.24, 2.45) is 0 Å². The van der Waals surface area contributed by atoms with Crippen molar-refractivity contribution in [1.82, 2.24) is 9.97 Å². The molecule has 5 heteroatoms. The normalized spacial score (nSPS) is 10.6. The molecule has 1 N–H and O–H groups in total. The van der Waals surface area contributed by atoms with Crippen LogP contribution in [0, 0.1) is 3.57 Å².